The zero-order valence-corrected chi connectivity index (χ0v) is 15.4. The Hall–Kier alpha value is -2.16. The summed E-state index contributed by atoms with van der Waals surface area (Å²) >= 11 is 0. The first kappa shape index (κ1) is 17.7. The molecule has 0 aliphatic heterocycles. The van der Waals surface area contributed by atoms with Gasteiger partial charge in [-0.2, -0.15) is 0 Å². The van der Waals surface area contributed by atoms with Gasteiger partial charge in [0.2, 0.25) is 0 Å². The van der Waals surface area contributed by atoms with E-state index in [9.17, 15) is 4.79 Å². The Balaban J connectivity index is 1.61. The highest BCUT2D eigenvalue weighted by Gasteiger charge is 2.30. The number of hydrogen-bond acceptors (Lipinski definition) is 3. The SMILES string of the molecule is CC(C)(C)C1CCC(Oc2ccc(-c3cccc(C=O)n3)cc2)CC1. The van der Waals surface area contributed by atoms with Crippen molar-refractivity contribution < 1.29 is 9.53 Å². The summed E-state index contributed by atoms with van der Waals surface area (Å²) in [4.78, 5) is 15.2. The first-order valence-electron chi connectivity index (χ1n) is 9.15. The molecule has 0 saturated heterocycles. The fourth-order valence-electron chi connectivity index (χ4n) is 3.62. The zero-order chi connectivity index (χ0) is 17.9. The summed E-state index contributed by atoms with van der Waals surface area (Å²) in [5.74, 6) is 1.71. The molecule has 3 nitrogen and oxygen atoms in total. The number of aromatic nitrogens is 1. The molecule has 3 rings (SSSR count). The van der Waals surface area contributed by atoms with Gasteiger partial charge >= 0.3 is 0 Å². The lowest BCUT2D eigenvalue weighted by molar-refractivity contribution is 0.0882. The molecule has 0 bridgehead atoms. The van der Waals surface area contributed by atoms with Crippen molar-refractivity contribution in [1.82, 2.24) is 4.98 Å². The minimum atomic E-state index is 0.320. The summed E-state index contributed by atoms with van der Waals surface area (Å²) in [6.45, 7) is 7.02. The summed E-state index contributed by atoms with van der Waals surface area (Å²) in [7, 11) is 0. The van der Waals surface area contributed by atoms with Crippen LogP contribution in [0.3, 0.4) is 0 Å². The van der Waals surface area contributed by atoms with E-state index in [-0.39, 0.29) is 0 Å². The van der Waals surface area contributed by atoms with Crippen LogP contribution in [0.15, 0.2) is 42.5 Å². The molecule has 1 aromatic heterocycles. The van der Waals surface area contributed by atoms with E-state index >= 15 is 0 Å². The second-order valence-electron chi connectivity index (χ2n) is 8.05. The van der Waals surface area contributed by atoms with Crippen molar-refractivity contribution in [2.75, 3.05) is 0 Å². The van der Waals surface area contributed by atoms with Crippen LogP contribution in [0, 0.1) is 11.3 Å². The van der Waals surface area contributed by atoms with E-state index in [1.807, 2.05) is 36.4 Å². The second-order valence-corrected chi connectivity index (χ2v) is 8.05. The number of nitrogens with zero attached hydrogens (tertiary/aromatic N) is 1. The fraction of sp³-hybridized carbons (Fsp3) is 0.455. The molecule has 1 aliphatic rings. The predicted molar refractivity (Wildman–Crippen MR) is 101 cm³/mol. The van der Waals surface area contributed by atoms with Crippen molar-refractivity contribution in [1.29, 1.82) is 0 Å². The van der Waals surface area contributed by atoms with Gasteiger partial charge in [0.05, 0.1) is 11.8 Å². The van der Waals surface area contributed by atoms with Crippen molar-refractivity contribution >= 4 is 6.29 Å². The topological polar surface area (TPSA) is 39.2 Å². The summed E-state index contributed by atoms with van der Waals surface area (Å²) in [5.41, 5.74) is 2.65. The average Bonchev–Trinajstić information content (AvgIpc) is 2.62. The van der Waals surface area contributed by atoms with Gasteiger partial charge in [-0.25, -0.2) is 4.98 Å². The molecule has 0 unspecified atom stereocenters. The minimum Gasteiger partial charge on any atom is -0.490 e. The van der Waals surface area contributed by atoms with Gasteiger partial charge < -0.3 is 4.74 Å². The van der Waals surface area contributed by atoms with E-state index in [2.05, 4.69) is 25.8 Å². The number of rotatable bonds is 4. The van der Waals surface area contributed by atoms with E-state index in [0.717, 1.165) is 42.1 Å². The number of hydrogen-bond donors (Lipinski definition) is 0. The van der Waals surface area contributed by atoms with Crippen molar-refractivity contribution in [2.24, 2.45) is 11.3 Å². The molecule has 0 amide bonds. The number of carbonyl (C=O) groups excluding carboxylic acids is 1. The van der Waals surface area contributed by atoms with Crippen LogP contribution in [0.4, 0.5) is 0 Å². The Morgan fingerprint density at radius 2 is 1.68 bits per heavy atom. The van der Waals surface area contributed by atoms with Gasteiger partial charge in [-0.05, 0) is 73.4 Å². The number of benzene rings is 1. The summed E-state index contributed by atoms with van der Waals surface area (Å²) in [6.07, 6.45) is 5.85. The monoisotopic (exact) mass is 337 g/mol. The Morgan fingerprint density at radius 1 is 1.00 bits per heavy atom. The van der Waals surface area contributed by atoms with Crippen molar-refractivity contribution in [3.63, 3.8) is 0 Å². The van der Waals surface area contributed by atoms with Crippen LogP contribution < -0.4 is 4.74 Å². The maximum absolute atomic E-state index is 10.9. The molecule has 2 aromatic rings. The number of aldehydes is 1. The Labute approximate surface area is 150 Å². The molecule has 1 heterocycles. The zero-order valence-electron chi connectivity index (χ0n) is 15.4. The molecule has 0 N–H and O–H groups in total. The normalized spacial score (nSPS) is 20.9. The number of carbonyl (C=O) groups is 1. The Morgan fingerprint density at radius 3 is 2.28 bits per heavy atom. The highest BCUT2D eigenvalue weighted by Crippen LogP contribution is 2.38. The van der Waals surface area contributed by atoms with Gasteiger partial charge in [0.15, 0.2) is 6.29 Å². The van der Waals surface area contributed by atoms with Crippen LogP contribution in [0.2, 0.25) is 0 Å². The quantitative estimate of drug-likeness (QED) is 0.687. The van der Waals surface area contributed by atoms with E-state index < -0.39 is 0 Å². The standard InChI is InChI=1S/C22H27NO2/c1-22(2,3)17-9-13-20(14-10-17)25-19-11-7-16(8-12-19)21-6-4-5-18(15-24)23-21/h4-8,11-12,15,17,20H,9-10,13-14H2,1-3H3. The van der Waals surface area contributed by atoms with Crippen LogP contribution in [0.25, 0.3) is 11.3 Å². The maximum Gasteiger partial charge on any atom is 0.168 e. The third kappa shape index (κ3) is 4.47. The predicted octanol–water partition coefficient (Wildman–Crippen LogP) is 5.54. The molecular formula is C22H27NO2. The average molecular weight is 337 g/mol. The largest absolute Gasteiger partial charge is 0.490 e. The summed E-state index contributed by atoms with van der Waals surface area (Å²) < 4.78 is 6.18. The van der Waals surface area contributed by atoms with Crippen molar-refractivity contribution in [3.8, 4) is 17.0 Å². The third-order valence-corrected chi connectivity index (χ3v) is 5.24. The molecule has 1 fully saturated rings. The van der Waals surface area contributed by atoms with Crippen molar-refractivity contribution in [2.45, 2.75) is 52.6 Å². The maximum atomic E-state index is 10.9. The molecule has 0 radical (unpaired) electrons. The van der Waals surface area contributed by atoms with E-state index in [0.29, 0.717) is 17.2 Å². The molecule has 132 valence electrons. The lowest BCUT2D eigenvalue weighted by Gasteiger charge is -2.36. The first-order valence-corrected chi connectivity index (χ1v) is 9.15. The lowest BCUT2D eigenvalue weighted by Crippen LogP contribution is -2.30. The van der Waals surface area contributed by atoms with Crippen LogP contribution >= 0.6 is 0 Å². The molecule has 0 atom stereocenters. The van der Waals surface area contributed by atoms with Gasteiger partial charge in [-0.3, -0.25) is 4.79 Å². The highest BCUT2D eigenvalue weighted by atomic mass is 16.5. The lowest BCUT2D eigenvalue weighted by atomic mass is 9.72. The van der Waals surface area contributed by atoms with Crippen molar-refractivity contribution in [3.05, 3.63) is 48.2 Å². The summed E-state index contributed by atoms with van der Waals surface area (Å²) in [6, 6.07) is 13.5. The third-order valence-electron chi connectivity index (χ3n) is 5.24. The minimum absolute atomic E-state index is 0.320. The van der Waals surface area contributed by atoms with Gasteiger partial charge in [0.25, 0.3) is 0 Å². The molecule has 3 heteroatoms. The molecule has 0 spiro atoms. The molecule has 1 saturated carbocycles. The van der Waals surface area contributed by atoms with E-state index in [1.165, 1.54) is 12.8 Å². The van der Waals surface area contributed by atoms with Gasteiger partial charge in [-0.15, -0.1) is 0 Å². The Bertz CT molecular complexity index is 708. The Kier molecular flexibility index (Phi) is 5.22. The van der Waals surface area contributed by atoms with Crippen LogP contribution in [0.5, 0.6) is 5.75 Å². The molecule has 25 heavy (non-hydrogen) atoms. The van der Waals surface area contributed by atoms with E-state index in [1.54, 1.807) is 6.07 Å². The van der Waals surface area contributed by atoms with Crippen LogP contribution in [0.1, 0.15) is 56.9 Å². The summed E-state index contributed by atoms with van der Waals surface area (Å²) in [5, 5.41) is 0. The fourth-order valence-corrected chi connectivity index (χ4v) is 3.62. The second kappa shape index (κ2) is 7.38. The highest BCUT2D eigenvalue weighted by molar-refractivity contribution is 5.73. The van der Waals surface area contributed by atoms with Gasteiger partial charge in [-0.1, -0.05) is 26.8 Å². The molecular weight excluding hydrogens is 310 g/mol. The number of pyridine rings is 1. The first-order chi connectivity index (χ1) is 12.0. The number of ether oxygens (including phenoxy) is 1. The van der Waals surface area contributed by atoms with E-state index in [4.69, 9.17) is 4.74 Å². The van der Waals surface area contributed by atoms with Crippen LogP contribution in [-0.4, -0.2) is 17.4 Å². The smallest absolute Gasteiger partial charge is 0.168 e. The van der Waals surface area contributed by atoms with Crippen LogP contribution in [-0.2, 0) is 0 Å². The molecule has 1 aliphatic carbocycles. The van der Waals surface area contributed by atoms with Gasteiger partial charge in [0, 0.05) is 5.56 Å². The van der Waals surface area contributed by atoms with Gasteiger partial charge in [0.1, 0.15) is 11.4 Å². The molecule has 1 aromatic carbocycles.